The highest BCUT2D eigenvalue weighted by atomic mass is 79.9. The first-order chi connectivity index (χ1) is 8.52. The molecule has 0 saturated carbocycles. The Bertz CT molecular complexity index is 464. The second-order valence-electron chi connectivity index (χ2n) is 4.73. The molecule has 1 fully saturated rings. The topological polar surface area (TPSA) is 49.6 Å². The Morgan fingerprint density at radius 3 is 2.83 bits per heavy atom. The van der Waals surface area contributed by atoms with Crippen LogP contribution in [0.2, 0.25) is 0 Å². The number of rotatable bonds is 2. The van der Waals surface area contributed by atoms with Crippen molar-refractivity contribution in [3.8, 4) is 0 Å². The number of carbonyl (C=O) groups excluding carboxylic acids is 1. The van der Waals surface area contributed by atoms with Gasteiger partial charge in [-0.05, 0) is 40.5 Å². The summed E-state index contributed by atoms with van der Waals surface area (Å²) in [6.45, 7) is 3.73. The van der Waals surface area contributed by atoms with E-state index in [-0.39, 0.29) is 11.9 Å². The molecule has 2 N–H and O–H groups in total. The third kappa shape index (κ3) is 2.52. The zero-order chi connectivity index (χ0) is 13.3. The summed E-state index contributed by atoms with van der Waals surface area (Å²) in [6.07, 6.45) is 0. The van der Waals surface area contributed by atoms with Gasteiger partial charge in [0, 0.05) is 24.6 Å². The maximum absolute atomic E-state index is 11.9. The number of hydrogen-bond donors (Lipinski definition) is 1. The van der Waals surface area contributed by atoms with E-state index < -0.39 is 0 Å². The number of likely N-dealkylation sites (N-methyl/N-ethyl adjacent to an activating group) is 1. The van der Waals surface area contributed by atoms with E-state index in [9.17, 15) is 4.79 Å². The molecule has 5 heteroatoms. The van der Waals surface area contributed by atoms with Crippen molar-refractivity contribution in [1.82, 2.24) is 4.90 Å². The molecular formula is C13H18BrN3O. The van der Waals surface area contributed by atoms with Crippen molar-refractivity contribution in [3.05, 3.63) is 28.2 Å². The van der Waals surface area contributed by atoms with Gasteiger partial charge in [-0.2, -0.15) is 0 Å². The summed E-state index contributed by atoms with van der Waals surface area (Å²) in [5.74, 6) is 0.115. The molecule has 98 valence electrons. The number of nitrogens with zero attached hydrogens (tertiary/aromatic N) is 2. The molecule has 1 saturated heterocycles. The van der Waals surface area contributed by atoms with Crippen LogP contribution in [0.15, 0.2) is 22.7 Å². The van der Waals surface area contributed by atoms with E-state index in [2.05, 4.69) is 33.0 Å². The van der Waals surface area contributed by atoms with Crippen molar-refractivity contribution in [1.29, 1.82) is 0 Å². The normalized spacial score (nSPS) is 20.4. The predicted octanol–water partition coefficient (Wildman–Crippen LogP) is 1.36. The molecule has 0 aromatic heterocycles. The second-order valence-corrected chi connectivity index (χ2v) is 5.58. The first kappa shape index (κ1) is 13.4. The summed E-state index contributed by atoms with van der Waals surface area (Å²) >= 11 is 3.56. The molecule has 0 radical (unpaired) electrons. The largest absolute Gasteiger partial charge is 0.359 e. The van der Waals surface area contributed by atoms with Gasteiger partial charge in [0.15, 0.2) is 0 Å². The fourth-order valence-corrected chi connectivity index (χ4v) is 2.95. The van der Waals surface area contributed by atoms with Gasteiger partial charge in [-0.25, -0.2) is 0 Å². The molecule has 1 aromatic rings. The number of nitrogens with two attached hydrogens (primary N) is 1. The Morgan fingerprint density at radius 1 is 1.50 bits per heavy atom. The van der Waals surface area contributed by atoms with Crippen LogP contribution in [-0.2, 0) is 4.79 Å². The van der Waals surface area contributed by atoms with E-state index in [1.54, 1.807) is 4.90 Å². The average molecular weight is 312 g/mol. The summed E-state index contributed by atoms with van der Waals surface area (Å²) < 4.78 is 1.02. The minimum absolute atomic E-state index is 0.0828. The third-order valence-electron chi connectivity index (χ3n) is 3.41. The van der Waals surface area contributed by atoms with Crippen LogP contribution in [0, 0.1) is 6.92 Å². The molecule has 0 bridgehead atoms. The average Bonchev–Trinajstić information content (AvgIpc) is 2.32. The molecule has 1 heterocycles. The number of amides is 1. The van der Waals surface area contributed by atoms with E-state index in [1.807, 2.05) is 20.0 Å². The highest BCUT2D eigenvalue weighted by Gasteiger charge is 2.29. The summed E-state index contributed by atoms with van der Waals surface area (Å²) in [7, 11) is 1.82. The van der Waals surface area contributed by atoms with Crippen LogP contribution in [-0.4, -0.2) is 43.5 Å². The Balaban J connectivity index is 2.26. The Morgan fingerprint density at radius 2 is 2.22 bits per heavy atom. The van der Waals surface area contributed by atoms with Crippen molar-refractivity contribution in [2.45, 2.75) is 13.0 Å². The van der Waals surface area contributed by atoms with Crippen molar-refractivity contribution >= 4 is 27.5 Å². The minimum atomic E-state index is 0.0828. The van der Waals surface area contributed by atoms with Crippen molar-refractivity contribution in [3.63, 3.8) is 0 Å². The van der Waals surface area contributed by atoms with E-state index in [0.717, 1.165) is 16.7 Å². The molecule has 1 aromatic carbocycles. The molecule has 1 amide bonds. The van der Waals surface area contributed by atoms with Crippen molar-refractivity contribution in [2.75, 3.05) is 31.6 Å². The number of carbonyl (C=O) groups is 1. The molecule has 1 aliphatic rings. The number of halogens is 1. The summed E-state index contributed by atoms with van der Waals surface area (Å²) in [5, 5.41) is 0. The standard InChI is InChI=1S/C13H18BrN3O/c1-9-3-4-12(11(14)5-9)17-7-10(6-15)16(2)13(18)8-17/h3-5,10H,6-8,15H2,1-2H3. The first-order valence-corrected chi connectivity index (χ1v) is 6.79. The third-order valence-corrected chi connectivity index (χ3v) is 4.05. The molecule has 4 nitrogen and oxygen atoms in total. The Kier molecular flexibility index (Phi) is 3.92. The van der Waals surface area contributed by atoms with Crippen LogP contribution < -0.4 is 10.6 Å². The Hall–Kier alpha value is -1.07. The fraction of sp³-hybridized carbons (Fsp3) is 0.462. The number of hydrogen-bond acceptors (Lipinski definition) is 3. The SMILES string of the molecule is Cc1ccc(N2CC(=O)N(C)C(CN)C2)c(Br)c1. The number of piperazine rings is 1. The summed E-state index contributed by atoms with van der Waals surface area (Å²) in [6, 6.07) is 6.25. The fourth-order valence-electron chi connectivity index (χ4n) is 2.20. The van der Waals surface area contributed by atoms with Crippen LogP contribution >= 0.6 is 15.9 Å². The summed E-state index contributed by atoms with van der Waals surface area (Å²) in [5.41, 5.74) is 7.98. The van der Waals surface area contributed by atoms with Gasteiger partial charge in [-0.1, -0.05) is 6.07 Å². The van der Waals surface area contributed by atoms with E-state index in [4.69, 9.17) is 5.73 Å². The predicted molar refractivity (Wildman–Crippen MR) is 76.7 cm³/mol. The first-order valence-electron chi connectivity index (χ1n) is 5.99. The van der Waals surface area contributed by atoms with Gasteiger partial charge in [-0.15, -0.1) is 0 Å². The molecule has 0 spiro atoms. The Labute approximate surface area is 116 Å². The lowest BCUT2D eigenvalue weighted by molar-refractivity contribution is -0.131. The van der Waals surface area contributed by atoms with Crippen LogP contribution in [0.5, 0.6) is 0 Å². The van der Waals surface area contributed by atoms with Gasteiger partial charge < -0.3 is 15.5 Å². The molecule has 1 aliphatic heterocycles. The van der Waals surface area contributed by atoms with Crippen LogP contribution in [0.4, 0.5) is 5.69 Å². The van der Waals surface area contributed by atoms with Crippen molar-refractivity contribution < 1.29 is 4.79 Å². The zero-order valence-electron chi connectivity index (χ0n) is 10.7. The molecule has 1 unspecified atom stereocenters. The van der Waals surface area contributed by atoms with Crippen LogP contribution in [0.1, 0.15) is 5.56 Å². The monoisotopic (exact) mass is 311 g/mol. The van der Waals surface area contributed by atoms with Crippen LogP contribution in [0.3, 0.4) is 0 Å². The maximum atomic E-state index is 11.9. The van der Waals surface area contributed by atoms with E-state index >= 15 is 0 Å². The smallest absolute Gasteiger partial charge is 0.242 e. The lowest BCUT2D eigenvalue weighted by Crippen LogP contribution is -2.57. The second kappa shape index (κ2) is 5.28. The van der Waals surface area contributed by atoms with Gasteiger partial charge >= 0.3 is 0 Å². The highest BCUT2D eigenvalue weighted by Crippen LogP contribution is 2.28. The molecule has 2 rings (SSSR count). The van der Waals surface area contributed by atoms with Gasteiger partial charge in [0.2, 0.25) is 5.91 Å². The molecule has 0 aliphatic carbocycles. The van der Waals surface area contributed by atoms with Gasteiger partial charge in [0.05, 0.1) is 18.3 Å². The maximum Gasteiger partial charge on any atom is 0.242 e. The van der Waals surface area contributed by atoms with Gasteiger partial charge in [0.25, 0.3) is 0 Å². The molecular weight excluding hydrogens is 294 g/mol. The van der Waals surface area contributed by atoms with Crippen molar-refractivity contribution in [2.24, 2.45) is 5.73 Å². The van der Waals surface area contributed by atoms with E-state index in [1.165, 1.54) is 5.56 Å². The zero-order valence-corrected chi connectivity index (χ0v) is 12.3. The molecule has 1 atom stereocenters. The lowest BCUT2D eigenvalue weighted by Gasteiger charge is -2.40. The number of anilines is 1. The van der Waals surface area contributed by atoms with E-state index in [0.29, 0.717) is 13.1 Å². The number of aryl methyl sites for hydroxylation is 1. The van der Waals surface area contributed by atoms with Gasteiger partial charge in [0.1, 0.15) is 0 Å². The lowest BCUT2D eigenvalue weighted by atomic mass is 10.1. The number of benzene rings is 1. The summed E-state index contributed by atoms with van der Waals surface area (Å²) in [4.78, 5) is 15.8. The quantitative estimate of drug-likeness (QED) is 0.897. The van der Waals surface area contributed by atoms with Crippen LogP contribution in [0.25, 0.3) is 0 Å². The molecule has 18 heavy (non-hydrogen) atoms. The van der Waals surface area contributed by atoms with Gasteiger partial charge in [-0.3, -0.25) is 4.79 Å². The highest BCUT2D eigenvalue weighted by molar-refractivity contribution is 9.10. The minimum Gasteiger partial charge on any atom is -0.359 e.